The van der Waals surface area contributed by atoms with E-state index in [1.54, 1.807) is 0 Å². The number of hydrogen-bond donors (Lipinski definition) is 3. The average Bonchev–Trinajstić information content (AvgIpc) is 2.34. The van der Waals surface area contributed by atoms with E-state index >= 15 is 0 Å². The van der Waals surface area contributed by atoms with Crippen LogP contribution in [0.1, 0.15) is 78.1 Å². The normalized spacial score (nSPS) is 12.2. The topological polar surface area (TPSA) is 127 Å². The molecule has 1 atom stereocenters. The Morgan fingerprint density at radius 1 is 1.05 bits per heavy atom. The molecule has 0 saturated heterocycles. The van der Waals surface area contributed by atoms with Crippen LogP contribution in [0.15, 0.2) is 0 Å². The SMILES string of the molecule is CC(N)O.CCCCCCCCCCCC(=O)OS(=O)(=O)O. The summed E-state index contributed by atoms with van der Waals surface area (Å²) < 4.78 is 32.5. The van der Waals surface area contributed by atoms with Gasteiger partial charge in [-0.3, -0.25) is 9.35 Å². The van der Waals surface area contributed by atoms with Gasteiger partial charge in [0.2, 0.25) is 0 Å². The standard InChI is InChI=1S/C12H24O5S.C2H7NO/c1-2-3-4-5-6-7-8-9-10-11-12(13)17-18(14,15)16;1-2(3)4/h2-11H2,1H3,(H,14,15,16);2,4H,3H2,1H3. The number of aliphatic hydroxyl groups excluding tert-OH is 1. The zero-order chi connectivity index (χ0) is 17.4. The summed E-state index contributed by atoms with van der Waals surface area (Å²) in [6.07, 6.45) is 9.36. The number of unbranched alkanes of at least 4 members (excludes halogenated alkanes) is 8. The first-order valence-corrected chi connectivity index (χ1v) is 9.19. The first-order valence-electron chi connectivity index (χ1n) is 7.82. The van der Waals surface area contributed by atoms with E-state index in [4.69, 9.17) is 9.66 Å². The highest BCUT2D eigenvalue weighted by Gasteiger charge is 2.12. The monoisotopic (exact) mass is 341 g/mol. The fourth-order valence-electron chi connectivity index (χ4n) is 1.74. The van der Waals surface area contributed by atoms with Crippen molar-refractivity contribution in [3.8, 4) is 0 Å². The van der Waals surface area contributed by atoms with Crippen LogP contribution in [0, 0.1) is 0 Å². The van der Waals surface area contributed by atoms with Crippen LogP contribution in [0.3, 0.4) is 0 Å². The van der Waals surface area contributed by atoms with E-state index < -0.39 is 22.6 Å². The molecule has 0 aliphatic rings. The Labute approximate surface area is 134 Å². The smallest absolute Gasteiger partial charge is 0.379 e. The highest BCUT2D eigenvalue weighted by atomic mass is 32.3. The van der Waals surface area contributed by atoms with Gasteiger partial charge in [0.05, 0.1) is 6.23 Å². The van der Waals surface area contributed by atoms with Crippen molar-refractivity contribution in [2.45, 2.75) is 84.3 Å². The van der Waals surface area contributed by atoms with E-state index in [0.717, 1.165) is 19.3 Å². The van der Waals surface area contributed by atoms with E-state index in [2.05, 4.69) is 16.8 Å². The Morgan fingerprint density at radius 2 is 1.41 bits per heavy atom. The molecule has 0 aromatic heterocycles. The third kappa shape index (κ3) is 27.6. The molecular weight excluding hydrogens is 310 g/mol. The lowest BCUT2D eigenvalue weighted by Crippen LogP contribution is -2.11. The lowest BCUT2D eigenvalue weighted by atomic mass is 10.1. The summed E-state index contributed by atoms with van der Waals surface area (Å²) in [5.74, 6) is -0.888. The zero-order valence-electron chi connectivity index (χ0n) is 13.7. The number of aliphatic hydroxyl groups is 1. The Balaban J connectivity index is 0. The molecule has 0 rings (SSSR count). The van der Waals surface area contributed by atoms with Crippen LogP contribution in [-0.2, 0) is 19.4 Å². The van der Waals surface area contributed by atoms with Gasteiger partial charge >= 0.3 is 16.4 Å². The molecule has 7 nitrogen and oxygen atoms in total. The van der Waals surface area contributed by atoms with Crippen molar-refractivity contribution < 1.29 is 27.1 Å². The predicted molar refractivity (Wildman–Crippen MR) is 85.4 cm³/mol. The molecule has 0 aromatic rings. The van der Waals surface area contributed by atoms with E-state index in [-0.39, 0.29) is 6.42 Å². The summed E-state index contributed by atoms with van der Waals surface area (Å²) >= 11 is 0. The maximum atomic E-state index is 10.9. The lowest BCUT2D eigenvalue weighted by Gasteiger charge is -2.02. The van der Waals surface area contributed by atoms with Gasteiger partial charge < -0.3 is 15.0 Å². The fraction of sp³-hybridized carbons (Fsp3) is 0.929. The molecule has 4 N–H and O–H groups in total. The summed E-state index contributed by atoms with van der Waals surface area (Å²) in [5.41, 5.74) is 4.67. The maximum Gasteiger partial charge on any atom is 0.448 e. The summed E-state index contributed by atoms with van der Waals surface area (Å²) in [7, 11) is -4.63. The van der Waals surface area contributed by atoms with Crippen molar-refractivity contribution in [2.75, 3.05) is 0 Å². The largest absolute Gasteiger partial charge is 0.448 e. The number of carbonyl (C=O) groups excluding carboxylic acids is 1. The van der Waals surface area contributed by atoms with Crippen LogP contribution in [0.25, 0.3) is 0 Å². The minimum Gasteiger partial charge on any atom is -0.379 e. The second kappa shape index (κ2) is 15.2. The molecule has 0 aliphatic carbocycles. The van der Waals surface area contributed by atoms with Gasteiger partial charge in [0.1, 0.15) is 0 Å². The predicted octanol–water partition coefficient (Wildman–Crippen LogP) is 2.54. The molecule has 0 fully saturated rings. The minimum atomic E-state index is -4.63. The van der Waals surface area contributed by atoms with E-state index in [0.29, 0.717) is 6.42 Å². The highest BCUT2D eigenvalue weighted by Crippen LogP contribution is 2.10. The molecule has 0 aliphatic heterocycles. The summed E-state index contributed by atoms with van der Waals surface area (Å²) in [5, 5.41) is 7.83. The molecule has 0 bridgehead atoms. The van der Waals surface area contributed by atoms with Gasteiger partial charge in [-0.15, -0.1) is 0 Å². The quantitative estimate of drug-likeness (QED) is 0.299. The lowest BCUT2D eigenvalue weighted by molar-refractivity contribution is -0.134. The molecule has 1 unspecified atom stereocenters. The Hall–Kier alpha value is -0.700. The van der Waals surface area contributed by atoms with Crippen molar-refractivity contribution in [1.82, 2.24) is 0 Å². The molecule has 0 saturated carbocycles. The molecule has 134 valence electrons. The minimum absolute atomic E-state index is 0.0373. The average molecular weight is 341 g/mol. The number of nitrogens with two attached hydrogens (primary N) is 1. The van der Waals surface area contributed by atoms with Gasteiger partial charge in [-0.2, -0.15) is 8.42 Å². The Bertz CT molecular complexity index is 354. The third-order valence-corrected chi connectivity index (χ3v) is 3.08. The van der Waals surface area contributed by atoms with Crippen LogP contribution in [-0.4, -0.2) is 30.3 Å². The maximum absolute atomic E-state index is 10.9. The van der Waals surface area contributed by atoms with Crippen molar-refractivity contribution in [3.63, 3.8) is 0 Å². The number of carbonyl (C=O) groups is 1. The molecule has 0 spiro atoms. The fourth-order valence-corrected chi connectivity index (χ4v) is 2.06. The van der Waals surface area contributed by atoms with Crippen molar-refractivity contribution >= 4 is 16.4 Å². The van der Waals surface area contributed by atoms with Crippen LogP contribution < -0.4 is 5.73 Å². The van der Waals surface area contributed by atoms with Crippen molar-refractivity contribution in [3.05, 3.63) is 0 Å². The van der Waals surface area contributed by atoms with Gasteiger partial charge in [-0.1, -0.05) is 58.3 Å². The molecule has 0 heterocycles. The Kier molecular flexibility index (Phi) is 16.3. The second-order valence-electron chi connectivity index (χ2n) is 5.20. The van der Waals surface area contributed by atoms with Crippen molar-refractivity contribution in [2.24, 2.45) is 5.73 Å². The van der Waals surface area contributed by atoms with Crippen LogP contribution >= 0.6 is 0 Å². The first kappa shape index (κ1) is 23.6. The summed E-state index contributed by atoms with van der Waals surface area (Å²) in [6.45, 7) is 3.69. The van der Waals surface area contributed by atoms with Gasteiger partial charge in [0.15, 0.2) is 0 Å². The number of hydrogen-bond acceptors (Lipinski definition) is 6. The molecule has 0 aromatic carbocycles. The van der Waals surface area contributed by atoms with Gasteiger partial charge in [0, 0.05) is 6.42 Å². The summed E-state index contributed by atoms with van der Waals surface area (Å²) in [6, 6.07) is 0. The zero-order valence-corrected chi connectivity index (χ0v) is 14.5. The molecule has 8 heteroatoms. The molecule has 0 amide bonds. The molecule has 22 heavy (non-hydrogen) atoms. The van der Waals surface area contributed by atoms with Crippen LogP contribution in [0.5, 0.6) is 0 Å². The van der Waals surface area contributed by atoms with Crippen molar-refractivity contribution in [1.29, 1.82) is 0 Å². The highest BCUT2D eigenvalue weighted by molar-refractivity contribution is 7.81. The second-order valence-corrected chi connectivity index (χ2v) is 6.22. The molecular formula is C14H31NO6S. The van der Waals surface area contributed by atoms with Crippen LogP contribution in [0.2, 0.25) is 0 Å². The van der Waals surface area contributed by atoms with Crippen LogP contribution in [0.4, 0.5) is 0 Å². The Morgan fingerprint density at radius 3 is 1.77 bits per heavy atom. The van der Waals surface area contributed by atoms with E-state index in [9.17, 15) is 13.2 Å². The summed E-state index contributed by atoms with van der Waals surface area (Å²) in [4.78, 5) is 10.9. The van der Waals surface area contributed by atoms with Gasteiger partial charge in [-0.25, -0.2) is 0 Å². The first-order chi connectivity index (χ1) is 10.2. The van der Waals surface area contributed by atoms with E-state index in [1.807, 2.05) is 0 Å². The third-order valence-electron chi connectivity index (χ3n) is 2.68. The van der Waals surface area contributed by atoms with Gasteiger partial charge in [-0.05, 0) is 13.3 Å². The van der Waals surface area contributed by atoms with Gasteiger partial charge in [0.25, 0.3) is 0 Å². The molecule has 0 radical (unpaired) electrons. The van der Waals surface area contributed by atoms with E-state index in [1.165, 1.54) is 39.0 Å². The number of rotatable bonds is 11.